The second-order valence-electron chi connectivity index (χ2n) is 3.13. The Morgan fingerprint density at radius 2 is 2.00 bits per heavy atom. The molecule has 0 aliphatic rings. The summed E-state index contributed by atoms with van der Waals surface area (Å²) in [5.41, 5.74) is 2.44. The first kappa shape index (κ1) is 13.3. The highest BCUT2D eigenvalue weighted by Gasteiger charge is 2.28. The average Bonchev–Trinajstić information content (AvgIpc) is 2.27. The monoisotopic (exact) mass is 248 g/mol. The lowest BCUT2D eigenvalue weighted by Crippen LogP contribution is -2.29. The molecule has 0 unspecified atom stereocenters. The van der Waals surface area contributed by atoms with Gasteiger partial charge in [-0.15, -0.1) is 0 Å². The fourth-order valence-corrected chi connectivity index (χ4v) is 1.14. The number of alkyl halides is 3. The van der Waals surface area contributed by atoms with E-state index in [1.54, 1.807) is 30.7 Å². The van der Waals surface area contributed by atoms with E-state index in [2.05, 4.69) is 10.2 Å². The Morgan fingerprint density at radius 1 is 1.35 bits per heavy atom. The van der Waals surface area contributed by atoms with Gasteiger partial charge in [0.2, 0.25) is 0 Å². The van der Waals surface area contributed by atoms with Gasteiger partial charge in [-0.2, -0.15) is 13.2 Å². The predicted molar refractivity (Wildman–Crippen MR) is 55.5 cm³/mol. The van der Waals surface area contributed by atoms with Crippen LogP contribution in [0.2, 0.25) is 0 Å². The number of hydrogen-bond acceptors (Lipinski definition) is 3. The van der Waals surface area contributed by atoms with Gasteiger partial charge >= 0.3 is 6.18 Å². The molecule has 0 spiro atoms. The van der Waals surface area contributed by atoms with Crippen molar-refractivity contribution in [2.24, 2.45) is 0 Å². The summed E-state index contributed by atoms with van der Waals surface area (Å²) in [6, 6.07) is 6.38. The number of carbonyl (C=O) groups is 1. The van der Waals surface area contributed by atoms with Crippen LogP contribution >= 0.6 is 0 Å². The Bertz CT molecular complexity index is 393. The summed E-state index contributed by atoms with van der Waals surface area (Å²) < 4.78 is 35.3. The number of halogens is 3. The number of rotatable bonds is 4. The molecule has 0 atom stereocenters. The molecule has 0 aliphatic carbocycles. The van der Waals surface area contributed by atoms with Gasteiger partial charge in [0.05, 0.1) is 5.56 Å². The van der Waals surface area contributed by atoms with Crippen LogP contribution in [0.25, 0.3) is 0 Å². The molecular formula is C10H11F3N2O2. The van der Waals surface area contributed by atoms with E-state index in [4.69, 9.17) is 0 Å². The molecule has 0 radical (unpaired) electrons. The first-order valence-electron chi connectivity index (χ1n) is 4.69. The van der Waals surface area contributed by atoms with Crippen molar-refractivity contribution < 1.29 is 22.8 Å². The lowest BCUT2D eigenvalue weighted by atomic mass is 10.1. The second kappa shape index (κ2) is 5.53. The normalized spacial score (nSPS) is 11.1. The van der Waals surface area contributed by atoms with Gasteiger partial charge in [0.25, 0.3) is 5.91 Å². The SMILES string of the molecule is CNc1ccccc1C(=O)NOCC(F)(F)F. The maximum atomic E-state index is 11.8. The van der Waals surface area contributed by atoms with Crippen molar-refractivity contribution in [3.63, 3.8) is 0 Å². The Morgan fingerprint density at radius 3 is 2.59 bits per heavy atom. The molecule has 1 amide bonds. The van der Waals surface area contributed by atoms with Gasteiger partial charge in [0, 0.05) is 12.7 Å². The minimum atomic E-state index is -4.48. The largest absolute Gasteiger partial charge is 0.414 e. The highest BCUT2D eigenvalue weighted by Crippen LogP contribution is 2.15. The summed E-state index contributed by atoms with van der Waals surface area (Å²) in [6.45, 7) is -1.53. The van der Waals surface area contributed by atoms with E-state index in [-0.39, 0.29) is 5.56 Å². The molecule has 7 heteroatoms. The molecule has 94 valence electrons. The Hall–Kier alpha value is -1.76. The van der Waals surface area contributed by atoms with Crippen LogP contribution in [0, 0.1) is 0 Å². The van der Waals surface area contributed by atoms with Crippen LogP contribution in [0.3, 0.4) is 0 Å². The van der Waals surface area contributed by atoms with Crippen molar-refractivity contribution in [3.8, 4) is 0 Å². The summed E-state index contributed by atoms with van der Waals surface area (Å²) in [5.74, 6) is -0.737. The third kappa shape index (κ3) is 4.31. The number of carbonyl (C=O) groups excluding carboxylic acids is 1. The minimum Gasteiger partial charge on any atom is -0.387 e. The van der Waals surface area contributed by atoms with Crippen LogP contribution in [0.5, 0.6) is 0 Å². The number of anilines is 1. The first-order chi connectivity index (χ1) is 7.94. The molecule has 0 saturated heterocycles. The van der Waals surface area contributed by atoms with Gasteiger partial charge in [-0.25, -0.2) is 5.48 Å². The molecule has 1 rings (SSSR count). The van der Waals surface area contributed by atoms with Gasteiger partial charge in [0.1, 0.15) is 0 Å². The van der Waals surface area contributed by atoms with Crippen molar-refractivity contribution in [2.45, 2.75) is 6.18 Å². The van der Waals surface area contributed by atoms with Gasteiger partial charge < -0.3 is 5.32 Å². The van der Waals surface area contributed by atoms with Crippen molar-refractivity contribution in [1.29, 1.82) is 0 Å². The smallest absolute Gasteiger partial charge is 0.387 e. The molecule has 0 bridgehead atoms. The number of amides is 1. The zero-order valence-electron chi connectivity index (χ0n) is 8.97. The second-order valence-corrected chi connectivity index (χ2v) is 3.13. The number of benzene rings is 1. The van der Waals surface area contributed by atoms with E-state index in [0.717, 1.165) is 0 Å². The highest BCUT2D eigenvalue weighted by molar-refractivity contribution is 5.98. The maximum Gasteiger partial charge on any atom is 0.414 e. The zero-order chi connectivity index (χ0) is 12.9. The lowest BCUT2D eigenvalue weighted by Gasteiger charge is -2.10. The molecule has 0 aliphatic heterocycles. The molecule has 1 aromatic carbocycles. The summed E-state index contributed by atoms with van der Waals surface area (Å²) in [5, 5.41) is 2.74. The minimum absolute atomic E-state index is 0.206. The van der Waals surface area contributed by atoms with E-state index in [1.807, 2.05) is 0 Å². The first-order valence-corrected chi connectivity index (χ1v) is 4.69. The quantitative estimate of drug-likeness (QED) is 0.801. The molecule has 0 aromatic heterocycles. The van der Waals surface area contributed by atoms with Crippen LogP contribution in [0.4, 0.5) is 18.9 Å². The van der Waals surface area contributed by atoms with Crippen LogP contribution in [0.15, 0.2) is 24.3 Å². The third-order valence-corrected chi connectivity index (χ3v) is 1.84. The van der Waals surface area contributed by atoms with Gasteiger partial charge in [-0.3, -0.25) is 9.63 Å². The van der Waals surface area contributed by atoms with Crippen LogP contribution in [0.1, 0.15) is 10.4 Å². The van der Waals surface area contributed by atoms with E-state index in [9.17, 15) is 18.0 Å². The molecule has 0 saturated carbocycles. The lowest BCUT2D eigenvalue weighted by molar-refractivity contribution is -0.184. The third-order valence-electron chi connectivity index (χ3n) is 1.84. The van der Waals surface area contributed by atoms with Crippen LogP contribution in [-0.2, 0) is 4.84 Å². The highest BCUT2D eigenvalue weighted by atomic mass is 19.4. The van der Waals surface area contributed by atoms with Crippen molar-refractivity contribution in [1.82, 2.24) is 5.48 Å². The van der Waals surface area contributed by atoms with Crippen LogP contribution in [-0.4, -0.2) is 25.7 Å². The Kier molecular flexibility index (Phi) is 4.33. The molecule has 0 fully saturated rings. The number of nitrogens with one attached hydrogen (secondary N) is 2. The molecule has 17 heavy (non-hydrogen) atoms. The molecule has 1 aromatic rings. The predicted octanol–water partition coefficient (Wildman–Crippen LogP) is 1.95. The Balaban J connectivity index is 2.58. The van der Waals surface area contributed by atoms with Gasteiger partial charge in [-0.1, -0.05) is 12.1 Å². The van der Waals surface area contributed by atoms with Gasteiger partial charge in [0.15, 0.2) is 6.61 Å². The summed E-state index contributed by atoms with van der Waals surface area (Å²) in [6.07, 6.45) is -4.48. The van der Waals surface area contributed by atoms with Crippen molar-refractivity contribution in [2.75, 3.05) is 19.0 Å². The van der Waals surface area contributed by atoms with Crippen molar-refractivity contribution in [3.05, 3.63) is 29.8 Å². The number of hydroxylamine groups is 1. The molecule has 0 heterocycles. The van der Waals surface area contributed by atoms with E-state index in [1.165, 1.54) is 6.07 Å². The summed E-state index contributed by atoms with van der Waals surface area (Å²) >= 11 is 0. The van der Waals surface area contributed by atoms with Crippen molar-refractivity contribution >= 4 is 11.6 Å². The van der Waals surface area contributed by atoms with E-state index < -0.39 is 18.7 Å². The van der Waals surface area contributed by atoms with E-state index in [0.29, 0.717) is 5.69 Å². The maximum absolute atomic E-state index is 11.8. The van der Waals surface area contributed by atoms with Gasteiger partial charge in [-0.05, 0) is 12.1 Å². The summed E-state index contributed by atoms with van der Waals surface area (Å²) in [7, 11) is 1.60. The Labute approximate surface area is 95.7 Å². The number of hydrogen-bond donors (Lipinski definition) is 2. The molecular weight excluding hydrogens is 237 g/mol. The fourth-order valence-electron chi connectivity index (χ4n) is 1.14. The standard InChI is InChI=1S/C10H11F3N2O2/c1-14-8-5-3-2-4-7(8)9(16)15-17-6-10(11,12)13/h2-5,14H,6H2,1H3,(H,15,16). The molecule has 4 nitrogen and oxygen atoms in total. The average molecular weight is 248 g/mol. The zero-order valence-corrected chi connectivity index (χ0v) is 8.97. The van der Waals surface area contributed by atoms with E-state index >= 15 is 0 Å². The molecule has 2 N–H and O–H groups in total. The fraction of sp³-hybridized carbons (Fsp3) is 0.300. The number of para-hydroxylation sites is 1. The van der Waals surface area contributed by atoms with Crippen LogP contribution < -0.4 is 10.8 Å². The topological polar surface area (TPSA) is 50.4 Å². The summed E-state index contributed by atoms with van der Waals surface area (Å²) in [4.78, 5) is 15.5.